The fourth-order valence-corrected chi connectivity index (χ4v) is 2.42. The second kappa shape index (κ2) is 6.92. The maximum atomic E-state index is 12.9. The molecule has 0 saturated carbocycles. The molecule has 108 valence electrons. The predicted octanol–water partition coefficient (Wildman–Crippen LogP) is 3.29. The van der Waals surface area contributed by atoms with Crippen molar-refractivity contribution < 1.29 is 13.2 Å². The van der Waals surface area contributed by atoms with Crippen LogP contribution in [-0.4, -0.2) is 31.1 Å². The molecule has 0 spiro atoms. The van der Waals surface area contributed by atoms with Gasteiger partial charge < -0.3 is 5.32 Å². The van der Waals surface area contributed by atoms with Crippen molar-refractivity contribution in [1.29, 1.82) is 0 Å². The second-order valence-electron chi connectivity index (χ2n) is 4.33. The molecule has 7 heteroatoms. The lowest BCUT2D eigenvalue weighted by Gasteiger charge is -2.28. The van der Waals surface area contributed by atoms with E-state index in [4.69, 9.17) is 0 Å². The zero-order valence-corrected chi connectivity index (χ0v) is 12.5. The summed E-state index contributed by atoms with van der Waals surface area (Å²) < 4.78 is 39.2. The van der Waals surface area contributed by atoms with Crippen LogP contribution in [0.4, 0.5) is 13.2 Å². The van der Waals surface area contributed by atoms with Crippen LogP contribution in [0.2, 0.25) is 0 Å². The number of piperazine rings is 1. The Morgan fingerprint density at radius 2 is 1.84 bits per heavy atom. The van der Waals surface area contributed by atoms with E-state index in [1.165, 1.54) is 0 Å². The van der Waals surface area contributed by atoms with Gasteiger partial charge in [0, 0.05) is 37.2 Å². The fourth-order valence-electron chi connectivity index (χ4n) is 2.06. The molecule has 1 aromatic rings. The van der Waals surface area contributed by atoms with E-state index in [1.807, 2.05) is 4.90 Å². The summed E-state index contributed by atoms with van der Waals surface area (Å²) in [5, 5.41) is 3.18. The molecule has 1 fully saturated rings. The summed E-state index contributed by atoms with van der Waals surface area (Å²) in [6.45, 7) is 3.58. The molecule has 2 rings (SSSR count). The third-order valence-electron chi connectivity index (χ3n) is 2.98. The highest BCUT2D eigenvalue weighted by molar-refractivity contribution is 9.10. The largest absolute Gasteiger partial charge is 0.416 e. The van der Waals surface area contributed by atoms with Gasteiger partial charge in [0.25, 0.3) is 0 Å². The van der Waals surface area contributed by atoms with Gasteiger partial charge in [0.15, 0.2) is 0 Å². The number of benzene rings is 1. The third-order valence-corrected chi connectivity index (χ3v) is 3.47. The molecule has 0 unspecified atom stereocenters. The molecule has 19 heavy (non-hydrogen) atoms. The number of hydrogen-bond acceptors (Lipinski definition) is 2. The first-order valence-corrected chi connectivity index (χ1v) is 6.55. The molecule has 0 aliphatic carbocycles. The molecule has 1 saturated heterocycles. The Morgan fingerprint density at radius 3 is 2.42 bits per heavy atom. The van der Waals surface area contributed by atoms with Gasteiger partial charge in [-0.25, -0.2) is 0 Å². The number of nitrogens with zero attached hydrogens (tertiary/aromatic N) is 1. The molecule has 0 atom stereocenters. The zero-order valence-electron chi connectivity index (χ0n) is 10.1. The van der Waals surface area contributed by atoms with Gasteiger partial charge >= 0.3 is 6.18 Å². The van der Waals surface area contributed by atoms with Gasteiger partial charge in [0.2, 0.25) is 0 Å². The highest BCUT2D eigenvalue weighted by Crippen LogP contribution is 2.34. The minimum absolute atomic E-state index is 0. The molecule has 0 radical (unpaired) electrons. The molecule has 1 aromatic carbocycles. The summed E-state index contributed by atoms with van der Waals surface area (Å²) in [5.41, 5.74) is -0.206. The van der Waals surface area contributed by atoms with Crippen LogP contribution in [0.5, 0.6) is 0 Å². The van der Waals surface area contributed by atoms with Gasteiger partial charge in [-0.1, -0.05) is 22.0 Å². The van der Waals surface area contributed by atoms with E-state index in [1.54, 1.807) is 12.1 Å². The molecule has 1 heterocycles. The average molecular weight is 360 g/mol. The number of alkyl halides is 3. The Hall–Kier alpha value is -0.300. The first-order chi connectivity index (χ1) is 8.47. The maximum Gasteiger partial charge on any atom is 0.416 e. The molecule has 1 N–H and O–H groups in total. The van der Waals surface area contributed by atoms with Crippen LogP contribution >= 0.6 is 28.3 Å². The Bertz CT molecular complexity index is 420. The van der Waals surface area contributed by atoms with Crippen molar-refractivity contribution in [2.75, 3.05) is 26.2 Å². The predicted molar refractivity (Wildman–Crippen MR) is 74.5 cm³/mol. The van der Waals surface area contributed by atoms with Gasteiger partial charge in [-0.3, -0.25) is 4.90 Å². The molecular formula is C12H15BrClF3N2. The number of halogens is 5. The van der Waals surface area contributed by atoms with Crippen LogP contribution in [0.3, 0.4) is 0 Å². The fraction of sp³-hybridized carbons (Fsp3) is 0.500. The SMILES string of the molecule is Cl.FC(F)(F)c1cc(Br)ccc1CN1CCNCC1. The lowest BCUT2D eigenvalue weighted by Crippen LogP contribution is -2.43. The Labute approximate surface area is 124 Å². The highest BCUT2D eigenvalue weighted by Gasteiger charge is 2.33. The van der Waals surface area contributed by atoms with Crippen LogP contribution in [0, 0.1) is 0 Å². The minimum atomic E-state index is -4.30. The van der Waals surface area contributed by atoms with Crippen LogP contribution < -0.4 is 5.32 Å². The monoisotopic (exact) mass is 358 g/mol. The number of hydrogen-bond donors (Lipinski definition) is 1. The van der Waals surface area contributed by atoms with Crippen LogP contribution in [-0.2, 0) is 12.7 Å². The van der Waals surface area contributed by atoms with Gasteiger partial charge in [0.1, 0.15) is 0 Å². The van der Waals surface area contributed by atoms with Crippen molar-refractivity contribution in [3.8, 4) is 0 Å². The Balaban J connectivity index is 0.00000180. The van der Waals surface area contributed by atoms with Crippen molar-refractivity contribution >= 4 is 28.3 Å². The van der Waals surface area contributed by atoms with E-state index >= 15 is 0 Å². The average Bonchev–Trinajstić information content (AvgIpc) is 2.31. The zero-order chi connectivity index (χ0) is 13.2. The van der Waals surface area contributed by atoms with Gasteiger partial charge in [-0.05, 0) is 17.7 Å². The molecule has 0 bridgehead atoms. The first kappa shape index (κ1) is 16.8. The molecule has 2 nitrogen and oxygen atoms in total. The lowest BCUT2D eigenvalue weighted by atomic mass is 10.1. The summed E-state index contributed by atoms with van der Waals surface area (Å²) in [4.78, 5) is 2.04. The van der Waals surface area contributed by atoms with Crippen molar-refractivity contribution in [3.05, 3.63) is 33.8 Å². The minimum Gasteiger partial charge on any atom is -0.314 e. The van der Waals surface area contributed by atoms with Crippen molar-refractivity contribution in [2.45, 2.75) is 12.7 Å². The van der Waals surface area contributed by atoms with Gasteiger partial charge in [-0.2, -0.15) is 13.2 Å². The van der Waals surface area contributed by atoms with Crippen LogP contribution in [0.1, 0.15) is 11.1 Å². The Kier molecular flexibility index (Phi) is 6.11. The smallest absolute Gasteiger partial charge is 0.314 e. The topological polar surface area (TPSA) is 15.3 Å². The summed E-state index contributed by atoms with van der Waals surface area (Å²) in [6.07, 6.45) is -4.30. The van der Waals surface area contributed by atoms with E-state index in [0.717, 1.165) is 32.2 Å². The quantitative estimate of drug-likeness (QED) is 0.872. The van der Waals surface area contributed by atoms with Crippen molar-refractivity contribution in [1.82, 2.24) is 10.2 Å². The first-order valence-electron chi connectivity index (χ1n) is 5.75. The highest BCUT2D eigenvalue weighted by atomic mass is 79.9. The molecule has 0 amide bonds. The summed E-state index contributed by atoms with van der Waals surface area (Å²) in [7, 11) is 0. The van der Waals surface area contributed by atoms with Crippen LogP contribution in [0.15, 0.2) is 22.7 Å². The van der Waals surface area contributed by atoms with Gasteiger partial charge in [0.05, 0.1) is 5.56 Å². The lowest BCUT2D eigenvalue weighted by molar-refractivity contribution is -0.138. The molecule has 0 aromatic heterocycles. The number of nitrogens with one attached hydrogen (secondary N) is 1. The van der Waals surface area contributed by atoms with E-state index in [9.17, 15) is 13.2 Å². The summed E-state index contributed by atoms with van der Waals surface area (Å²) in [6, 6.07) is 4.36. The maximum absolute atomic E-state index is 12.9. The van der Waals surface area contributed by atoms with Crippen LogP contribution in [0.25, 0.3) is 0 Å². The molecule has 1 aliphatic heterocycles. The van der Waals surface area contributed by atoms with E-state index < -0.39 is 11.7 Å². The van der Waals surface area contributed by atoms with E-state index in [2.05, 4.69) is 21.2 Å². The normalized spacial score (nSPS) is 17.1. The second-order valence-corrected chi connectivity index (χ2v) is 5.24. The molecular weight excluding hydrogens is 344 g/mol. The number of rotatable bonds is 2. The summed E-state index contributed by atoms with van der Waals surface area (Å²) in [5.74, 6) is 0. The summed E-state index contributed by atoms with van der Waals surface area (Å²) >= 11 is 3.09. The van der Waals surface area contributed by atoms with Crippen molar-refractivity contribution in [3.63, 3.8) is 0 Å². The van der Waals surface area contributed by atoms with E-state index in [0.29, 0.717) is 16.6 Å². The van der Waals surface area contributed by atoms with E-state index in [-0.39, 0.29) is 12.4 Å². The molecule has 1 aliphatic rings. The third kappa shape index (κ3) is 4.63. The van der Waals surface area contributed by atoms with Crippen molar-refractivity contribution in [2.24, 2.45) is 0 Å². The van der Waals surface area contributed by atoms with Gasteiger partial charge in [-0.15, -0.1) is 12.4 Å². The Morgan fingerprint density at radius 1 is 1.21 bits per heavy atom. The standard InChI is InChI=1S/C12H14BrF3N2.ClH/c13-10-2-1-9(11(7-10)12(14,15)16)8-18-5-3-17-4-6-18;/h1-2,7,17H,3-6,8H2;1H.